The predicted octanol–water partition coefficient (Wildman–Crippen LogP) is 6.71. The third-order valence-corrected chi connectivity index (χ3v) is 9.29. The molecular formula is C36H40ClN3O4S. The second-order valence-corrected chi connectivity index (χ2v) is 14.5. The number of rotatable bonds is 11. The molecule has 236 valence electrons. The van der Waals surface area contributed by atoms with Gasteiger partial charge in [-0.3, -0.25) is 13.9 Å². The van der Waals surface area contributed by atoms with E-state index in [1.807, 2.05) is 70.2 Å². The van der Waals surface area contributed by atoms with Crippen molar-refractivity contribution in [3.8, 4) is 0 Å². The lowest BCUT2D eigenvalue weighted by atomic mass is 10.0. The normalized spacial score (nSPS) is 12.3. The number of halogens is 1. The first-order valence-corrected chi connectivity index (χ1v) is 16.6. The summed E-state index contributed by atoms with van der Waals surface area (Å²) in [5, 5.41) is 3.52. The van der Waals surface area contributed by atoms with Crippen molar-refractivity contribution in [2.45, 2.75) is 64.1 Å². The van der Waals surface area contributed by atoms with Crippen LogP contribution in [-0.4, -0.2) is 43.3 Å². The van der Waals surface area contributed by atoms with E-state index in [2.05, 4.69) is 5.32 Å². The van der Waals surface area contributed by atoms with Crippen molar-refractivity contribution < 1.29 is 18.0 Å². The zero-order chi connectivity index (χ0) is 32.8. The molecule has 0 bridgehead atoms. The van der Waals surface area contributed by atoms with Gasteiger partial charge >= 0.3 is 0 Å². The van der Waals surface area contributed by atoms with Crippen LogP contribution in [0.5, 0.6) is 0 Å². The molecule has 0 aliphatic heterocycles. The number of nitrogens with one attached hydrogen (secondary N) is 1. The second kappa shape index (κ2) is 14.3. The minimum Gasteiger partial charge on any atom is -0.350 e. The van der Waals surface area contributed by atoms with Gasteiger partial charge in [0.25, 0.3) is 10.0 Å². The molecule has 0 fully saturated rings. The van der Waals surface area contributed by atoms with Gasteiger partial charge in [-0.05, 0) is 81.6 Å². The van der Waals surface area contributed by atoms with Gasteiger partial charge in [0.1, 0.15) is 12.6 Å². The number of sulfonamides is 1. The van der Waals surface area contributed by atoms with Crippen LogP contribution in [0.1, 0.15) is 43.0 Å². The van der Waals surface area contributed by atoms with Gasteiger partial charge < -0.3 is 10.2 Å². The molecule has 1 unspecified atom stereocenters. The Labute approximate surface area is 271 Å². The summed E-state index contributed by atoms with van der Waals surface area (Å²) in [4.78, 5) is 30.1. The van der Waals surface area contributed by atoms with Crippen LogP contribution in [0.2, 0.25) is 5.02 Å². The number of hydrogen-bond donors (Lipinski definition) is 1. The van der Waals surface area contributed by atoms with Gasteiger partial charge in [0.15, 0.2) is 0 Å². The van der Waals surface area contributed by atoms with E-state index >= 15 is 0 Å². The highest BCUT2D eigenvalue weighted by Crippen LogP contribution is 2.28. The van der Waals surface area contributed by atoms with Gasteiger partial charge in [-0.2, -0.15) is 0 Å². The maximum absolute atomic E-state index is 14.6. The minimum atomic E-state index is -4.17. The standard InChI is InChI=1S/C36H40ClN3O4S/c1-26-18-20-31(21-19-26)45(43,44)40(32-17-10-9-12-27(32)2)25-34(41)39(24-29-15-11-16-30(37)22-29)33(35(42)38-36(3,4)5)23-28-13-7-6-8-14-28/h6-22,33H,23-25H2,1-5H3,(H,38,42). The summed E-state index contributed by atoms with van der Waals surface area (Å²) < 4.78 is 29.5. The molecule has 7 nitrogen and oxygen atoms in total. The Hall–Kier alpha value is -4.14. The van der Waals surface area contributed by atoms with Crippen molar-refractivity contribution in [2.75, 3.05) is 10.8 Å². The highest BCUT2D eigenvalue weighted by atomic mass is 35.5. The first kappa shape index (κ1) is 33.7. The number of aryl methyl sites for hydroxylation is 2. The Morgan fingerprint density at radius 2 is 1.44 bits per heavy atom. The van der Waals surface area contributed by atoms with Crippen LogP contribution in [0.4, 0.5) is 5.69 Å². The molecule has 9 heteroatoms. The van der Waals surface area contributed by atoms with Crippen LogP contribution >= 0.6 is 11.6 Å². The molecule has 1 N–H and O–H groups in total. The quantitative estimate of drug-likeness (QED) is 0.197. The summed E-state index contributed by atoms with van der Waals surface area (Å²) in [6, 6.07) is 29.2. The summed E-state index contributed by atoms with van der Waals surface area (Å²) in [5.41, 5.74) is 2.98. The van der Waals surface area contributed by atoms with Crippen molar-refractivity contribution in [1.29, 1.82) is 0 Å². The van der Waals surface area contributed by atoms with Crippen LogP contribution in [0.3, 0.4) is 0 Å². The highest BCUT2D eigenvalue weighted by molar-refractivity contribution is 7.92. The van der Waals surface area contributed by atoms with Gasteiger partial charge in [0.2, 0.25) is 11.8 Å². The lowest BCUT2D eigenvalue weighted by molar-refractivity contribution is -0.140. The Morgan fingerprint density at radius 1 is 0.822 bits per heavy atom. The summed E-state index contributed by atoms with van der Waals surface area (Å²) in [5.74, 6) is -0.871. The van der Waals surface area contributed by atoms with Crippen LogP contribution in [-0.2, 0) is 32.6 Å². The van der Waals surface area contributed by atoms with Gasteiger partial charge in [-0.15, -0.1) is 0 Å². The summed E-state index contributed by atoms with van der Waals surface area (Å²) >= 11 is 6.32. The molecule has 4 aromatic carbocycles. The fourth-order valence-corrected chi connectivity index (χ4v) is 6.72. The van der Waals surface area contributed by atoms with Gasteiger partial charge in [0.05, 0.1) is 10.6 Å². The van der Waals surface area contributed by atoms with E-state index in [4.69, 9.17) is 11.6 Å². The molecule has 4 aromatic rings. The van der Waals surface area contributed by atoms with Crippen LogP contribution in [0.15, 0.2) is 108 Å². The maximum Gasteiger partial charge on any atom is 0.264 e. The molecule has 0 aromatic heterocycles. The smallest absolute Gasteiger partial charge is 0.264 e. The Morgan fingerprint density at radius 3 is 2.07 bits per heavy atom. The van der Waals surface area contributed by atoms with Crippen LogP contribution in [0.25, 0.3) is 0 Å². The van der Waals surface area contributed by atoms with E-state index in [1.165, 1.54) is 4.90 Å². The number of carbonyl (C=O) groups excluding carboxylic acids is 2. The first-order chi connectivity index (χ1) is 21.2. The fraction of sp³-hybridized carbons (Fsp3) is 0.278. The maximum atomic E-state index is 14.6. The van der Waals surface area contributed by atoms with E-state index in [-0.39, 0.29) is 23.8 Å². The lowest BCUT2D eigenvalue weighted by Gasteiger charge is -2.35. The van der Waals surface area contributed by atoms with Gasteiger partial charge in [-0.1, -0.05) is 90.0 Å². The third-order valence-electron chi connectivity index (χ3n) is 7.28. The van der Waals surface area contributed by atoms with Crippen molar-refractivity contribution in [2.24, 2.45) is 0 Å². The molecule has 45 heavy (non-hydrogen) atoms. The largest absolute Gasteiger partial charge is 0.350 e. The van der Waals surface area contributed by atoms with Crippen LogP contribution in [0, 0.1) is 13.8 Å². The number of anilines is 1. The number of para-hydroxylation sites is 1. The van der Waals surface area contributed by atoms with E-state index in [0.29, 0.717) is 21.8 Å². The van der Waals surface area contributed by atoms with E-state index < -0.39 is 34.1 Å². The predicted molar refractivity (Wildman–Crippen MR) is 181 cm³/mol. The Balaban J connectivity index is 1.83. The zero-order valence-corrected chi connectivity index (χ0v) is 27.9. The molecule has 0 heterocycles. The number of amides is 2. The minimum absolute atomic E-state index is 0.0423. The molecule has 0 spiro atoms. The average molecular weight is 646 g/mol. The van der Waals surface area contributed by atoms with E-state index in [1.54, 1.807) is 67.6 Å². The fourth-order valence-electron chi connectivity index (χ4n) is 5.03. The SMILES string of the molecule is Cc1ccc(S(=O)(=O)N(CC(=O)N(Cc2cccc(Cl)c2)C(Cc2ccccc2)C(=O)NC(C)(C)C)c2ccccc2C)cc1. The number of nitrogens with zero attached hydrogens (tertiary/aromatic N) is 2. The van der Waals surface area contributed by atoms with E-state index in [9.17, 15) is 18.0 Å². The molecule has 0 aliphatic rings. The van der Waals surface area contributed by atoms with Gasteiger partial charge in [0, 0.05) is 23.5 Å². The Bertz CT molecular complexity index is 1740. The lowest BCUT2D eigenvalue weighted by Crippen LogP contribution is -2.56. The third kappa shape index (κ3) is 8.96. The molecular weight excluding hydrogens is 606 g/mol. The average Bonchev–Trinajstić information content (AvgIpc) is 2.98. The van der Waals surface area contributed by atoms with E-state index in [0.717, 1.165) is 15.4 Å². The molecule has 4 rings (SSSR count). The van der Waals surface area contributed by atoms with Gasteiger partial charge in [-0.25, -0.2) is 8.42 Å². The zero-order valence-electron chi connectivity index (χ0n) is 26.3. The molecule has 0 aliphatic carbocycles. The molecule has 0 radical (unpaired) electrons. The van der Waals surface area contributed by atoms with Crippen molar-refractivity contribution in [3.63, 3.8) is 0 Å². The van der Waals surface area contributed by atoms with Crippen molar-refractivity contribution >= 4 is 39.1 Å². The number of carbonyl (C=O) groups is 2. The second-order valence-electron chi connectivity index (χ2n) is 12.2. The molecule has 0 saturated heterocycles. The molecule has 1 atom stereocenters. The summed E-state index contributed by atoms with van der Waals surface area (Å²) in [6.07, 6.45) is 0.226. The summed E-state index contributed by atoms with van der Waals surface area (Å²) in [7, 11) is -4.17. The van der Waals surface area contributed by atoms with Crippen molar-refractivity contribution in [1.82, 2.24) is 10.2 Å². The monoisotopic (exact) mass is 645 g/mol. The van der Waals surface area contributed by atoms with Crippen molar-refractivity contribution in [3.05, 3.63) is 130 Å². The molecule has 0 saturated carbocycles. The Kier molecular flexibility index (Phi) is 10.7. The summed E-state index contributed by atoms with van der Waals surface area (Å²) in [6.45, 7) is 8.83. The highest BCUT2D eigenvalue weighted by Gasteiger charge is 2.36. The first-order valence-electron chi connectivity index (χ1n) is 14.8. The number of benzene rings is 4. The van der Waals surface area contributed by atoms with Crippen LogP contribution < -0.4 is 9.62 Å². The topological polar surface area (TPSA) is 86.8 Å². The molecule has 2 amide bonds. The number of hydrogen-bond acceptors (Lipinski definition) is 4.